The molecule has 0 aliphatic heterocycles. The van der Waals surface area contributed by atoms with Crippen molar-refractivity contribution in [3.8, 4) is 0 Å². The van der Waals surface area contributed by atoms with Crippen LogP contribution in [0.3, 0.4) is 0 Å². The minimum absolute atomic E-state index is 0.0672. The number of nitrogens with zero attached hydrogens (tertiary/aromatic N) is 2. The summed E-state index contributed by atoms with van der Waals surface area (Å²) < 4.78 is 0. The predicted octanol–water partition coefficient (Wildman–Crippen LogP) is 2.75. The van der Waals surface area contributed by atoms with Gasteiger partial charge in [0.25, 0.3) is 5.91 Å². The monoisotopic (exact) mass is 324 g/mol. The molecule has 0 bridgehead atoms. The van der Waals surface area contributed by atoms with Gasteiger partial charge in [0, 0.05) is 22.9 Å². The Morgan fingerprint density at radius 1 is 1.12 bits per heavy atom. The van der Waals surface area contributed by atoms with Crippen molar-refractivity contribution in [2.24, 2.45) is 11.0 Å². The normalized spacial score (nSPS) is 10.8. The number of carbonyl (C=O) groups excluding carboxylic acids is 2. The van der Waals surface area contributed by atoms with Crippen molar-refractivity contribution in [1.29, 1.82) is 0 Å². The molecule has 1 heterocycles. The van der Waals surface area contributed by atoms with Gasteiger partial charge in [-0.05, 0) is 43.3 Å². The topological polar surface area (TPSA) is 83.5 Å². The Labute approximate surface area is 141 Å². The smallest absolute Gasteiger partial charge is 0.271 e. The van der Waals surface area contributed by atoms with E-state index in [2.05, 4.69) is 20.8 Å². The molecule has 124 valence electrons. The van der Waals surface area contributed by atoms with Crippen LogP contribution in [0.2, 0.25) is 0 Å². The van der Waals surface area contributed by atoms with E-state index in [1.54, 1.807) is 30.3 Å². The number of aromatic nitrogens is 1. The second-order valence-corrected chi connectivity index (χ2v) is 5.62. The standard InChI is InChI=1S/C18H20N4O2/c1-12(2)17(23)21-15-9-7-14(8-10-15)18(24)22-19-11-16-6-4-5-13(3)20-16/h4-12H,1-3H3,(H,21,23)(H,22,24)/b19-11-. The first-order chi connectivity index (χ1) is 11.5. The molecule has 0 saturated carbocycles. The van der Waals surface area contributed by atoms with Crippen LogP contribution in [0.4, 0.5) is 5.69 Å². The average molecular weight is 324 g/mol. The Hall–Kier alpha value is -3.02. The highest BCUT2D eigenvalue weighted by Crippen LogP contribution is 2.11. The lowest BCUT2D eigenvalue weighted by atomic mass is 10.1. The molecule has 0 radical (unpaired) electrons. The molecule has 0 spiro atoms. The maximum Gasteiger partial charge on any atom is 0.271 e. The fraction of sp³-hybridized carbons (Fsp3) is 0.222. The van der Waals surface area contributed by atoms with Crippen LogP contribution in [0.15, 0.2) is 47.6 Å². The summed E-state index contributed by atoms with van der Waals surface area (Å²) in [7, 11) is 0. The summed E-state index contributed by atoms with van der Waals surface area (Å²) in [6.45, 7) is 5.52. The second kappa shape index (κ2) is 8.01. The first kappa shape index (κ1) is 17.3. The second-order valence-electron chi connectivity index (χ2n) is 5.62. The van der Waals surface area contributed by atoms with E-state index >= 15 is 0 Å². The SMILES string of the molecule is Cc1cccc(/C=N\NC(=O)c2ccc(NC(=O)C(C)C)cc2)n1. The van der Waals surface area contributed by atoms with E-state index < -0.39 is 0 Å². The van der Waals surface area contributed by atoms with Crippen molar-refractivity contribution < 1.29 is 9.59 Å². The molecule has 2 rings (SSSR count). The van der Waals surface area contributed by atoms with Gasteiger partial charge in [-0.2, -0.15) is 5.10 Å². The lowest BCUT2D eigenvalue weighted by Gasteiger charge is -2.08. The van der Waals surface area contributed by atoms with Gasteiger partial charge in [-0.25, -0.2) is 5.43 Å². The lowest BCUT2D eigenvalue weighted by Crippen LogP contribution is -2.19. The van der Waals surface area contributed by atoms with Gasteiger partial charge in [0.1, 0.15) is 0 Å². The number of rotatable bonds is 5. The maximum atomic E-state index is 12.0. The van der Waals surface area contributed by atoms with Crippen LogP contribution in [0, 0.1) is 12.8 Å². The number of hydrazone groups is 1. The number of carbonyl (C=O) groups is 2. The summed E-state index contributed by atoms with van der Waals surface area (Å²) in [5.74, 6) is -0.499. The van der Waals surface area contributed by atoms with Gasteiger partial charge in [-0.15, -0.1) is 0 Å². The molecule has 1 aromatic heterocycles. The number of pyridine rings is 1. The largest absolute Gasteiger partial charge is 0.326 e. The molecule has 0 unspecified atom stereocenters. The van der Waals surface area contributed by atoms with Gasteiger partial charge in [0.2, 0.25) is 5.91 Å². The zero-order chi connectivity index (χ0) is 17.5. The predicted molar refractivity (Wildman–Crippen MR) is 93.9 cm³/mol. The Morgan fingerprint density at radius 3 is 2.46 bits per heavy atom. The lowest BCUT2D eigenvalue weighted by molar-refractivity contribution is -0.118. The minimum Gasteiger partial charge on any atom is -0.326 e. The molecule has 6 heteroatoms. The summed E-state index contributed by atoms with van der Waals surface area (Å²) in [4.78, 5) is 27.9. The molecule has 6 nitrogen and oxygen atoms in total. The fourth-order valence-corrected chi connectivity index (χ4v) is 1.85. The van der Waals surface area contributed by atoms with Crippen LogP contribution in [0.5, 0.6) is 0 Å². The Kier molecular flexibility index (Phi) is 5.78. The summed E-state index contributed by atoms with van der Waals surface area (Å²) in [5.41, 5.74) is 5.10. The zero-order valence-electron chi connectivity index (χ0n) is 13.9. The third kappa shape index (κ3) is 5.01. The van der Waals surface area contributed by atoms with E-state index in [-0.39, 0.29) is 17.7 Å². The van der Waals surface area contributed by atoms with Crippen LogP contribution in [-0.2, 0) is 4.79 Å². The quantitative estimate of drug-likeness (QED) is 0.655. The van der Waals surface area contributed by atoms with Gasteiger partial charge in [0.05, 0.1) is 11.9 Å². The number of nitrogens with one attached hydrogen (secondary N) is 2. The van der Waals surface area contributed by atoms with Crippen molar-refractivity contribution in [2.45, 2.75) is 20.8 Å². The van der Waals surface area contributed by atoms with E-state index in [0.29, 0.717) is 16.9 Å². The maximum absolute atomic E-state index is 12.0. The van der Waals surface area contributed by atoms with E-state index in [4.69, 9.17) is 0 Å². The van der Waals surface area contributed by atoms with Crippen LogP contribution >= 0.6 is 0 Å². The number of amides is 2. The molecule has 0 aliphatic rings. The average Bonchev–Trinajstić information content (AvgIpc) is 2.55. The molecule has 0 fully saturated rings. The first-order valence-corrected chi connectivity index (χ1v) is 7.63. The van der Waals surface area contributed by atoms with E-state index in [0.717, 1.165) is 5.69 Å². The third-order valence-electron chi connectivity index (χ3n) is 3.21. The van der Waals surface area contributed by atoms with Crippen LogP contribution in [0.25, 0.3) is 0 Å². The summed E-state index contributed by atoms with van der Waals surface area (Å²) in [6.07, 6.45) is 1.49. The van der Waals surface area contributed by atoms with E-state index in [1.807, 2.05) is 32.9 Å². The highest BCUT2D eigenvalue weighted by molar-refractivity contribution is 5.96. The van der Waals surface area contributed by atoms with Crippen molar-refractivity contribution in [3.63, 3.8) is 0 Å². The van der Waals surface area contributed by atoms with Crippen LogP contribution < -0.4 is 10.7 Å². The molecule has 2 amide bonds. The molecular weight excluding hydrogens is 304 g/mol. The summed E-state index contributed by atoms with van der Waals surface area (Å²) >= 11 is 0. The first-order valence-electron chi connectivity index (χ1n) is 7.63. The van der Waals surface area contributed by atoms with Gasteiger partial charge in [-0.1, -0.05) is 19.9 Å². The molecular formula is C18H20N4O2. The van der Waals surface area contributed by atoms with E-state index in [1.165, 1.54) is 6.21 Å². The Balaban J connectivity index is 1.94. The number of anilines is 1. The molecule has 1 aromatic carbocycles. The molecule has 0 saturated heterocycles. The van der Waals surface area contributed by atoms with Crippen LogP contribution in [0.1, 0.15) is 35.6 Å². The van der Waals surface area contributed by atoms with E-state index in [9.17, 15) is 9.59 Å². The number of hydrogen-bond donors (Lipinski definition) is 2. The molecule has 24 heavy (non-hydrogen) atoms. The van der Waals surface area contributed by atoms with Gasteiger partial charge < -0.3 is 5.32 Å². The van der Waals surface area contributed by atoms with Crippen LogP contribution in [-0.4, -0.2) is 23.0 Å². The Bertz CT molecular complexity index is 752. The number of hydrogen-bond acceptors (Lipinski definition) is 4. The van der Waals surface area contributed by atoms with Gasteiger partial charge in [-0.3, -0.25) is 14.6 Å². The van der Waals surface area contributed by atoms with Crippen molar-refractivity contribution in [1.82, 2.24) is 10.4 Å². The third-order valence-corrected chi connectivity index (χ3v) is 3.21. The van der Waals surface area contributed by atoms with Crippen molar-refractivity contribution in [2.75, 3.05) is 5.32 Å². The number of aryl methyl sites for hydroxylation is 1. The molecule has 2 N–H and O–H groups in total. The van der Waals surface area contributed by atoms with Crippen molar-refractivity contribution >= 4 is 23.7 Å². The molecule has 2 aromatic rings. The highest BCUT2D eigenvalue weighted by atomic mass is 16.2. The Morgan fingerprint density at radius 2 is 1.83 bits per heavy atom. The summed E-state index contributed by atoms with van der Waals surface area (Å²) in [5, 5.41) is 6.67. The number of benzene rings is 1. The van der Waals surface area contributed by atoms with Gasteiger partial charge in [0.15, 0.2) is 0 Å². The fourth-order valence-electron chi connectivity index (χ4n) is 1.85. The minimum atomic E-state index is -0.333. The zero-order valence-corrected chi connectivity index (χ0v) is 13.9. The summed E-state index contributed by atoms with van der Waals surface area (Å²) in [6, 6.07) is 12.2. The van der Waals surface area contributed by atoms with Gasteiger partial charge >= 0.3 is 0 Å². The van der Waals surface area contributed by atoms with Crippen molar-refractivity contribution in [3.05, 3.63) is 59.4 Å². The molecule has 0 atom stereocenters. The molecule has 0 aliphatic carbocycles. The highest BCUT2D eigenvalue weighted by Gasteiger charge is 2.08.